The van der Waals surface area contributed by atoms with Gasteiger partial charge in [-0.3, -0.25) is 0 Å². The standard InChI is InChI=1S/C26H25N3/c1-16-25(19-10-4-7-13-23(19)28-16)21(15-18-9-3-6-12-22(18)27)26-17(2)29-24-14-8-5-11-20(24)26/h3-14,21,28-29H,15,27H2,1-2H3. The number of para-hydroxylation sites is 3. The monoisotopic (exact) mass is 379 g/mol. The summed E-state index contributed by atoms with van der Waals surface area (Å²) in [6, 6.07) is 25.4. The Hall–Kier alpha value is -3.46. The number of nitrogen functional groups attached to an aromatic ring is 1. The Bertz CT molecular complexity index is 1240. The van der Waals surface area contributed by atoms with Gasteiger partial charge in [0.05, 0.1) is 0 Å². The zero-order valence-corrected chi connectivity index (χ0v) is 16.8. The lowest BCUT2D eigenvalue weighted by Gasteiger charge is -2.20. The fraction of sp³-hybridized carbons (Fsp3) is 0.154. The van der Waals surface area contributed by atoms with E-state index in [4.69, 9.17) is 5.73 Å². The van der Waals surface area contributed by atoms with Crippen LogP contribution < -0.4 is 5.73 Å². The van der Waals surface area contributed by atoms with E-state index in [1.54, 1.807) is 0 Å². The SMILES string of the molecule is Cc1[nH]c2ccccc2c1C(Cc1ccccc1N)c1c(C)[nH]c2ccccc12. The van der Waals surface area contributed by atoms with Crippen LogP contribution in [-0.4, -0.2) is 9.97 Å². The van der Waals surface area contributed by atoms with Gasteiger partial charge in [0, 0.05) is 44.8 Å². The van der Waals surface area contributed by atoms with Crippen LogP contribution in [0.1, 0.15) is 34.0 Å². The van der Waals surface area contributed by atoms with Gasteiger partial charge in [-0.15, -0.1) is 0 Å². The van der Waals surface area contributed by atoms with Crippen LogP contribution in [0.5, 0.6) is 0 Å². The minimum absolute atomic E-state index is 0.201. The van der Waals surface area contributed by atoms with E-state index in [1.807, 2.05) is 12.1 Å². The van der Waals surface area contributed by atoms with Crippen molar-refractivity contribution in [2.45, 2.75) is 26.2 Å². The number of aryl methyl sites for hydroxylation is 2. The third-order valence-electron chi connectivity index (χ3n) is 6.06. The molecule has 0 fully saturated rings. The summed E-state index contributed by atoms with van der Waals surface area (Å²) in [6.07, 6.45) is 0.859. The van der Waals surface area contributed by atoms with Crippen LogP contribution in [0.25, 0.3) is 21.8 Å². The summed E-state index contributed by atoms with van der Waals surface area (Å²) in [7, 11) is 0. The first kappa shape index (κ1) is 17.6. The van der Waals surface area contributed by atoms with E-state index in [9.17, 15) is 0 Å². The average Bonchev–Trinajstić information content (AvgIpc) is 3.23. The van der Waals surface area contributed by atoms with Gasteiger partial charge in [-0.2, -0.15) is 0 Å². The number of fused-ring (bicyclic) bond motifs is 2. The highest BCUT2D eigenvalue weighted by molar-refractivity contribution is 5.90. The van der Waals surface area contributed by atoms with Crippen molar-refractivity contribution in [1.29, 1.82) is 0 Å². The second-order valence-electron chi connectivity index (χ2n) is 7.87. The Balaban J connectivity index is 1.79. The molecule has 0 amide bonds. The van der Waals surface area contributed by atoms with Gasteiger partial charge in [0.25, 0.3) is 0 Å². The van der Waals surface area contributed by atoms with Crippen LogP contribution in [0.2, 0.25) is 0 Å². The molecular formula is C26H25N3. The maximum atomic E-state index is 6.36. The molecule has 0 aliphatic rings. The van der Waals surface area contributed by atoms with Crippen molar-refractivity contribution in [2.24, 2.45) is 0 Å². The number of anilines is 1. The Labute approximate surface area is 170 Å². The van der Waals surface area contributed by atoms with Gasteiger partial charge in [0.1, 0.15) is 0 Å². The van der Waals surface area contributed by atoms with E-state index in [0.717, 1.165) is 12.1 Å². The summed E-state index contributed by atoms with van der Waals surface area (Å²) >= 11 is 0. The Kier molecular flexibility index (Phi) is 4.17. The molecule has 2 heterocycles. The molecule has 0 aliphatic heterocycles. The molecule has 0 aliphatic carbocycles. The second kappa shape index (κ2) is 6.85. The molecule has 5 aromatic rings. The van der Waals surface area contributed by atoms with E-state index < -0.39 is 0 Å². The molecule has 144 valence electrons. The van der Waals surface area contributed by atoms with Crippen LogP contribution in [0.3, 0.4) is 0 Å². The van der Waals surface area contributed by atoms with Gasteiger partial charge < -0.3 is 15.7 Å². The highest BCUT2D eigenvalue weighted by atomic mass is 14.7. The fourth-order valence-electron chi connectivity index (χ4n) is 4.78. The van der Waals surface area contributed by atoms with Gasteiger partial charge in [-0.05, 0) is 55.2 Å². The highest BCUT2D eigenvalue weighted by Crippen LogP contribution is 2.41. The summed E-state index contributed by atoms with van der Waals surface area (Å²) in [4.78, 5) is 7.19. The van der Waals surface area contributed by atoms with Gasteiger partial charge in [0.15, 0.2) is 0 Å². The van der Waals surface area contributed by atoms with Crippen LogP contribution in [0.4, 0.5) is 5.69 Å². The molecule has 4 N–H and O–H groups in total. The number of aromatic nitrogens is 2. The van der Waals surface area contributed by atoms with E-state index in [2.05, 4.69) is 84.5 Å². The molecule has 0 radical (unpaired) electrons. The maximum Gasteiger partial charge on any atom is 0.0459 e. The molecule has 0 atom stereocenters. The molecule has 0 saturated carbocycles. The first-order valence-corrected chi connectivity index (χ1v) is 10.1. The van der Waals surface area contributed by atoms with E-state index >= 15 is 0 Å². The van der Waals surface area contributed by atoms with Crippen molar-refractivity contribution in [3.63, 3.8) is 0 Å². The summed E-state index contributed by atoms with van der Waals surface area (Å²) in [5.74, 6) is 0.201. The Morgan fingerprint density at radius 3 is 1.72 bits per heavy atom. The predicted molar refractivity (Wildman–Crippen MR) is 122 cm³/mol. The molecule has 0 unspecified atom stereocenters. The van der Waals surface area contributed by atoms with Crippen LogP contribution in [0.15, 0.2) is 72.8 Å². The molecular weight excluding hydrogens is 354 g/mol. The number of nitrogens with one attached hydrogen (secondary N) is 2. The molecule has 0 saturated heterocycles. The molecule has 2 aromatic heterocycles. The number of hydrogen-bond donors (Lipinski definition) is 3. The zero-order chi connectivity index (χ0) is 20.0. The Morgan fingerprint density at radius 2 is 1.17 bits per heavy atom. The van der Waals surface area contributed by atoms with Crippen LogP contribution >= 0.6 is 0 Å². The number of hydrogen-bond acceptors (Lipinski definition) is 1. The molecule has 0 spiro atoms. The minimum Gasteiger partial charge on any atom is -0.399 e. The number of rotatable bonds is 4. The summed E-state index contributed by atoms with van der Waals surface area (Å²) < 4.78 is 0. The molecule has 0 bridgehead atoms. The summed E-state index contributed by atoms with van der Waals surface area (Å²) in [6.45, 7) is 4.36. The molecule has 3 nitrogen and oxygen atoms in total. The molecule has 3 aromatic carbocycles. The lowest BCUT2D eigenvalue weighted by atomic mass is 9.82. The Morgan fingerprint density at radius 1 is 0.690 bits per heavy atom. The van der Waals surface area contributed by atoms with Crippen LogP contribution in [0, 0.1) is 13.8 Å². The third-order valence-corrected chi connectivity index (χ3v) is 6.06. The lowest BCUT2D eigenvalue weighted by molar-refractivity contribution is 0.804. The lowest BCUT2D eigenvalue weighted by Crippen LogP contribution is -2.09. The predicted octanol–water partition coefficient (Wildman–Crippen LogP) is 6.22. The van der Waals surface area contributed by atoms with Gasteiger partial charge in [-0.25, -0.2) is 0 Å². The first-order chi connectivity index (χ1) is 14.1. The van der Waals surface area contributed by atoms with E-state index in [1.165, 1.54) is 49.9 Å². The van der Waals surface area contributed by atoms with Crippen LogP contribution in [-0.2, 0) is 6.42 Å². The normalized spacial score (nSPS) is 11.7. The minimum atomic E-state index is 0.201. The highest BCUT2D eigenvalue weighted by Gasteiger charge is 2.26. The largest absolute Gasteiger partial charge is 0.399 e. The van der Waals surface area contributed by atoms with Crippen molar-refractivity contribution in [3.8, 4) is 0 Å². The van der Waals surface area contributed by atoms with Crippen molar-refractivity contribution >= 4 is 27.5 Å². The molecule has 5 rings (SSSR count). The smallest absolute Gasteiger partial charge is 0.0459 e. The summed E-state index contributed by atoms with van der Waals surface area (Å²) in [5.41, 5.74) is 15.9. The molecule has 29 heavy (non-hydrogen) atoms. The zero-order valence-electron chi connectivity index (χ0n) is 16.8. The number of aromatic amines is 2. The van der Waals surface area contributed by atoms with Crippen molar-refractivity contribution < 1.29 is 0 Å². The van der Waals surface area contributed by atoms with Crippen molar-refractivity contribution in [2.75, 3.05) is 5.73 Å². The maximum absolute atomic E-state index is 6.36. The first-order valence-electron chi connectivity index (χ1n) is 10.1. The topological polar surface area (TPSA) is 57.6 Å². The number of benzene rings is 3. The van der Waals surface area contributed by atoms with Gasteiger partial charge in [0.2, 0.25) is 0 Å². The number of H-pyrrole nitrogens is 2. The van der Waals surface area contributed by atoms with E-state index in [-0.39, 0.29) is 5.92 Å². The average molecular weight is 380 g/mol. The van der Waals surface area contributed by atoms with Gasteiger partial charge in [-0.1, -0.05) is 54.6 Å². The van der Waals surface area contributed by atoms with Crippen molar-refractivity contribution in [3.05, 3.63) is 101 Å². The number of nitrogens with two attached hydrogens (primary N) is 1. The van der Waals surface area contributed by atoms with E-state index in [0.29, 0.717) is 0 Å². The third kappa shape index (κ3) is 2.90. The van der Waals surface area contributed by atoms with Crippen molar-refractivity contribution in [1.82, 2.24) is 9.97 Å². The second-order valence-corrected chi connectivity index (χ2v) is 7.87. The van der Waals surface area contributed by atoms with Gasteiger partial charge >= 0.3 is 0 Å². The fourth-order valence-corrected chi connectivity index (χ4v) is 4.78. The quantitative estimate of drug-likeness (QED) is 0.319. The molecule has 3 heteroatoms. The summed E-state index contributed by atoms with van der Waals surface area (Å²) in [5, 5.41) is 2.57.